The fourth-order valence-electron chi connectivity index (χ4n) is 2.03. The van der Waals surface area contributed by atoms with Crippen LogP contribution in [0.15, 0.2) is 30.6 Å². The Hall–Kier alpha value is -2.65. The van der Waals surface area contributed by atoms with E-state index in [1.807, 2.05) is 6.92 Å². The summed E-state index contributed by atoms with van der Waals surface area (Å²) in [7, 11) is 0. The van der Waals surface area contributed by atoms with E-state index in [2.05, 4.69) is 25.7 Å². The standard InChI is InChI=1S/C12H12F3N7/c1-8(7-21-6-2-5-16-21)17-9-3-4-10-18-19-11(12(13,14)15)22(10)20-9/h2-6,8H,7H2,1H3,(H,17,20)/t8-/m1/s1. The van der Waals surface area contributed by atoms with Crippen LogP contribution in [0.2, 0.25) is 0 Å². The summed E-state index contributed by atoms with van der Waals surface area (Å²) in [5.74, 6) is -0.844. The van der Waals surface area contributed by atoms with Crippen LogP contribution in [-0.4, -0.2) is 35.6 Å². The van der Waals surface area contributed by atoms with E-state index in [-0.39, 0.29) is 11.7 Å². The van der Waals surface area contributed by atoms with Gasteiger partial charge in [-0.05, 0) is 25.1 Å². The van der Waals surface area contributed by atoms with Crippen molar-refractivity contribution in [1.29, 1.82) is 0 Å². The van der Waals surface area contributed by atoms with Crippen LogP contribution in [0.5, 0.6) is 0 Å². The smallest absolute Gasteiger partial charge is 0.364 e. The number of anilines is 1. The maximum Gasteiger partial charge on any atom is 0.453 e. The van der Waals surface area contributed by atoms with Crippen LogP contribution in [0.25, 0.3) is 5.65 Å². The zero-order valence-corrected chi connectivity index (χ0v) is 11.5. The molecule has 0 radical (unpaired) electrons. The lowest BCUT2D eigenvalue weighted by atomic mass is 10.3. The molecule has 0 aromatic carbocycles. The first kappa shape index (κ1) is 14.3. The molecule has 0 saturated heterocycles. The quantitative estimate of drug-likeness (QED) is 0.796. The minimum Gasteiger partial charge on any atom is -0.364 e. The first-order valence-corrected chi connectivity index (χ1v) is 6.47. The van der Waals surface area contributed by atoms with Gasteiger partial charge >= 0.3 is 6.18 Å². The van der Waals surface area contributed by atoms with E-state index in [1.54, 1.807) is 29.2 Å². The maximum atomic E-state index is 12.8. The molecule has 1 N–H and O–H groups in total. The SMILES string of the molecule is C[C@H](Cn1cccn1)Nc1ccc2nnc(C(F)(F)F)n2n1. The molecule has 10 heteroatoms. The molecule has 0 bridgehead atoms. The molecule has 0 fully saturated rings. The normalized spacial score (nSPS) is 13.5. The fraction of sp³-hybridized carbons (Fsp3) is 0.333. The van der Waals surface area contributed by atoms with E-state index in [0.717, 1.165) is 0 Å². The fourth-order valence-corrected chi connectivity index (χ4v) is 2.03. The molecule has 1 atom stereocenters. The summed E-state index contributed by atoms with van der Waals surface area (Å²) in [5, 5.41) is 17.6. The summed E-state index contributed by atoms with van der Waals surface area (Å²) in [5.41, 5.74) is 0.0394. The van der Waals surface area contributed by atoms with Gasteiger partial charge in [0.1, 0.15) is 5.82 Å². The van der Waals surface area contributed by atoms with E-state index in [9.17, 15) is 13.2 Å². The predicted octanol–water partition coefficient (Wildman–Crippen LogP) is 1.84. The molecular formula is C12H12F3N7. The summed E-state index contributed by atoms with van der Waals surface area (Å²) >= 11 is 0. The number of rotatable bonds is 4. The summed E-state index contributed by atoms with van der Waals surface area (Å²) < 4.78 is 40.8. The van der Waals surface area contributed by atoms with E-state index in [0.29, 0.717) is 16.9 Å². The van der Waals surface area contributed by atoms with E-state index >= 15 is 0 Å². The number of nitrogens with zero attached hydrogens (tertiary/aromatic N) is 6. The van der Waals surface area contributed by atoms with E-state index in [4.69, 9.17) is 0 Å². The van der Waals surface area contributed by atoms with Gasteiger partial charge in [0.2, 0.25) is 0 Å². The molecule has 0 unspecified atom stereocenters. The molecule has 3 rings (SSSR count). The van der Waals surface area contributed by atoms with Crippen molar-refractivity contribution < 1.29 is 13.2 Å². The van der Waals surface area contributed by atoms with Crippen molar-refractivity contribution in [2.75, 3.05) is 5.32 Å². The maximum absolute atomic E-state index is 12.8. The molecule has 3 heterocycles. The summed E-state index contributed by atoms with van der Waals surface area (Å²) in [6, 6.07) is 4.71. The first-order chi connectivity index (χ1) is 10.4. The van der Waals surface area contributed by atoms with Crippen molar-refractivity contribution in [1.82, 2.24) is 29.6 Å². The van der Waals surface area contributed by atoms with Gasteiger partial charge < -0.3 is 5.32 Å². The number of hydrogen-bond acceptors (Lipinski definition) is 5. The van der Waals surface area contributed by atoms with Crippen molar-refractivity contribution >= 4 is 11.5 Å². The van der Waals surface area contributed by atoms with Gasteiger partial charge in [-0.2, -0.15) is 22.8 Å². The molecule has 116 valence electrons. The number of halogens is 3. The van der Waals surface area contributed by atoms with Gasteiger partial charge in [-0.3, -0.25) is 4.68 Å². The van der Waals surface area contributed by atoms with Crippen LogP contribution in [0.3, 0.4) is 0 Å². The summed E-state index contributed by atoms with van der Waals surface area (Å²) in [4.78, 5) is 0. The molecule has 0 spiro atoms. The second-order valence-electron chi connectivity index (χ2n) is 4.78. The molecule has 3 aromatic heterocycles. The average Bonchev–Trinajstić information content (AvgIpc) is 3.06. The van der Waals surface area contributed by atoms with Crippen LogP contribution in [-0.2, 0) is 12.7 Å². The Morgan fingerprint density at radius 1 is 1.27 bits per heavy atom. The van der Waals surface area contributed by atoms with Gasteiger partial charge in [0.05, 0.1) is 6.54 Å². The van der Waals surface area contributed by atoms with Gasteiger partial charge in [-0.15, -0.1) is 15.3 Å². The number of nitrogens with one attached hydrogen (secondary N) is 1. The number of fused-ring (bicyclic) bond motifs is 1. The third kappa shape index (κ3) is 2.85. The lowest BCUT2D eigenvalue weighted by Gasteiger charge is -2.14. The van der Waals surface area contributed by atoms with Crippen LogP contribution in [0, 0.1) is 0 Å². The Kier molecular flexibility index (Phi) is 3.43. The molecule has 0 aliphatic carbocycles. The molecule has 3 aromatic rings. The van der Waals surface area contributed by atoms with E-state index in [1.165, 1.54) is 6.07 Å². The van der Waals surface area contributed by atoms with Crippen molar-refractivity contribution in [3.63, 3.8) is 0 Å². The highest BCUT2D eigenvalue weighted by Gasteiger charge is 2.37. The second kappa shape index (κ2) is 5.28. The average molecular weight is 311 g/mol. The highest BCUT2D eigenvalue weighted by molar-refractivity contribution is 5.44. The Labute approximate surface area is 122 Å². The first-order valence-electron chi connectivity index (χ1n) is 6.47. The van der Waals surface area contributed by atoms with Gasteiger partial charge in [0.25, 0.3) is 5.82 Å². The number of hydrogen-bond donors (Lipinski definition) is 1. The molecule has 0 aliphatic heterocycles. The third-order valence-electron chi connectivity index (χ3n) is 2.93. The van der Waals surface area contributed by atoms with Gasteiger partial charge in [-0.25, -0.2) is 0 Å². The molecular weight excluding hydrogens is 299 g/mol. The lowest BCUT2D eigenvalue weighted by Crippen LogP contribution is -2.23. The highest BCUT2D eigenvalue weighted by Crippen LogP contribution is 2.27. The zero-order chi connectivity index (χ0) is 15.7. The highest BCUT2D eigenvalue weighted by atomic mass is 19.4. The van der Waals surface area contributed by atoms with Gasteiger partial charge in [0, 0.05) is 18.4 Å². The Morgan fingerprint density at radius 2 is 2.09 bits per heavy atom. The summed E-state index contributed by atoms with van der Waals surface area (Å²) in [6.45, 7) is 2.44. The number of alkyl halides is 3. The van der Waals surface area contributed by atoms with Gasteiger partial charge in [-0.1, -0.05) is 0 Å². The van der Waals surface area contributed by atoms with Crippen LogP contribution < -0.4 is 5.32 Å². The topological polar surface area (TPSA) is 72.9 Å². The largest absolute Gasteiger partial charge is 0.453 e. The van der Waals surface area contributed by atoms with E-state index < -0.39 is 12.0 Å². The monoisotopic (exact) mass is 311 g/mol. The Morgan fingerprint density at radius 3 is 2.77 bits per heavy atom. The van der Waals surface area contributed by atoms with Crippen molar-refractivity contribution in [2.45, 2.75) is 25.7 Å². The van der Waals surface area contributed by atoms with Crippen LogP contribution >= 0.6 is 0 Å². The zero-order valence-electron chi connectivity index (χ0n) is 11.5. The molecule has 0 amide bonds. The Bertz CT molecular complexity index is 763. The predicted molar refractivity (Wildman–Crippen MR) is 71.1 cm³/mol. The van der Waals surface area contributed by atoms with Crippen LogP contribution in [0.4, 0.5) is 19.0 Å². The van der Waals surface area contributed by atoms with Crippen molar-refractivity contribution in [2.24, 2.45) is 0 Å². The second-order valence-corrected chi connectivity index (χ2v) is 4.78. The lowest BCUT2D eigenvalue weighted by molar-refractivity contribution is -0.146. The Balaban J connectivity index is 1.82. The number of aromatic nitrogens is 6. The minimum absolute atomic E-state index is 0.0394. The van der Waals surface area contributed by atoms with Crippen molar-refractivity contribution in [3.8, 4) is 0 Å². The molecule has 7 nitrogen and oxygen atoms in total. The third-order valence-corrected chi connectivity index (χ3v) is 2.93. The van der Waals surface area contributed by atoms with Crippen LogP contribution in [0.1, 0.15) is 12.7 Å². The molecule has 22 heavy (non-hydrogen) atoms. The van der Waals surface area contributed by atoms with Crippen molar-refractivity contribution in [3.05, 3.63) is 36.4 Å². The summed E-state index contributed by atoms with van der Waals surface area (Å²) in [6.07, 6.45) is -1.15. The molecule has 0 saturated carbocycles. The van der Waals surface area contributed by atoms with Gasteiger partial charge in [0.15, 0.2) is 5.65 Å². The molecule has 0 aliphatic rings. The minimum atomic E-state index is -4.61.